The highest BCUT2D eigenvalue weighted by atomic mass is 79.9. The highest BCUT2D eigenvalue weighted by molar-refractivity contribution is 9.09. The maximum atomic E-state index is 11.1. The first-order valence-electron chi connectivity index (χ1n) is 4.83. The second kappa shape index (κ2) is 8.52. The van der Waals surface area contributed by atoms with E-state index in [2.05, 4.69) is 21.2 Å². The van der Waals surface area contributed by atoms with Crippen molar-refractivity contribution in [2.75, 3.05) is 11.9 Å². The number of amides is 1. The van der Waals surface area contributed by atoms with Crippen molar-refractivity contribution in [1.29, 1.82) is 0 Å². The van der Waals surface area contributed by atoms with Gasteiger partial charge in [0.1, 0.15) is 6.04 Å². The molecule has 0 heterocycles. The van der Waals surface area contributed by atoms with Gasteiger partial charge in [0, 0.05) is 5.33 Å². The lowest BCUT2D eigenvalue weighted by atomic mass is 10.2. The van der Waals surface area contributed by atoms with Gasteiger partial charge in [-0.25, -0.2) is 9.59 Å². The summed E-state index contributed by atoms with van der Waals surface area (Å²) in [6, 6.07) is -0.890. The van der Waals surface area contributed by atoms with Crippen LogP contribution in [0.5, 0.6) is 0 Å². The van der Waals surface area contributed by atoms with E-state index < -0.39 is 18.1 Å². The fourth-order valence-electron chi connectivity index (χ4n) is 0.860. The standard InChI is InChI=1S/C9H16BrNO4/c1-2-3-6-15-9(14)11-7(4-5-10)8(12)13/h7H,2-6H2,1H3,(H,11,14)(H,12,13). The molecule has 0 aromatic heterocycles. The van der Waals surface area contributed by atoms with Gasteiger partial charge < -0.3 is 15.2 Å². The summed E-state index contributed by atoms with van der Waals surface area (Å²) in [4.78, 5) is 21.8. The Balaban J connectivity index is 3.84. The van der Waals surface area contributed by atoms with Crippen molar-refractivity contribution in [3.05, 3.63) is 0 Å². The summed E-state index contributed by atoms with van der Waals surface area (Å²) in [6.45, 7) is 2.30. The van der Waals surface area contributed by atoms with Gasteiger partial charge in [-0.3, -0.25) is 0 Å². The summed E-state index contributed by atoms with van der Waals surface area (Å²) in [5, 5.41) is 11.5. The normalized spacial score (nSPS) is 11.9. The first-order valence-corrected chi connectivity index (χ1v) is 5.96. The molecule has 2 N–H and O–H groups in total. The van der Waals surface area contributed by atoms with Gasteiger partial charge in [-0.1, -0.05) is 29.3 Å². The van der Waals surface area contributed by atoms with E-state index in [0.29, 0.717) is 18.4 Å². The molecule has 1 unspecified atom stereocenters. The molecule has 0 spiro atoms. The molecule has 0 aliphatic rings. The summed E-state index contributed by atoms with van der Waals surface area (Å²) < 4.78 is 4.78. The lowest BCUT2D eigenvalue weighted by Gasteiger charge is -2.12. The Bertz CT molecular complexity index is 210. The summed E-state index contributed by atoms with van der Waals surface area (Å²) in [7, 11) is 0. The molecule has 0 aliphatic heterocycles. The Hall–Kier alpha value is -0.780. The molecule has 0 saturated heterocycles. The summed E-state index contributed by atoms with van der Waals surface area (Å²) >= 11 is 3.12. The van der Waals surface area contributed by atoms with Crippen LogP contribution < -0.4 is 5.32 Å². The number of alkyl carbamates (subject to hydrolysis) is 1. The monoisotopic (exact) mass is 281 g/mol. The van der Waals surface area contributed by atoms with Crippen LogP contribution in [0.2, 0.25) is 0 Å². The number of nitrogens with one attached hydrogen (secondary N) is 1. The SMILES string of the molecule is CCCCOC(=O)NC(CCBr)C(=O)O. The van der Waals surface area contributed by atoms with Crippen LogP contribution in [-0.4, -0.2) is 35.1 Å². The molecule has 0 aliphatic carbocycles. The lowest BCUT2D eigenvalue weighted by molar-refractivity contribution is -0.139. The quantitative estimate of drug-likeness (QED) is 0.551. The predicted octanol–water partition coefficient (Wildman–Crippen LogP) is 1.75. The van der Waals surface area contributed by atoms with E-state index in [1.54, 1.807) is 0 Å². The smallest absolute Gasteiger partial charge is 0.407 e. The second-order valence-electron chi connectivity index (χ2n) is 3.00. The van der Waals surface area contributed by atoms with Crippen molar-refractivity contribution < 1.29 is 19.4 Å². The Morgan fingerprint density at radius 1 is 1.53 bits per heavy atom. The van der Waals surface area contributed by atoms with E-state index in [4.69, 9.17) is 9.84 Å². The van der Waals surface area contributed by atoms with Crippen LogP contribution in [0.1, 0.15) is 26.2 Å². The lowest BCUT2D eigenvalue weighted by Crippen LogP contribution is -2.41. The summed E-state index contributed by atoms with van der Waals surface area (Å²) in [5.74, 6) is -1.05. The third-order valence-corrected chi connectivity index (χ3v) is 2.18. The van der Waals surface area contributed by atoms with Crippen molar-refractivity contribution in [2.24, 2.45) is 0 Å². The van der Waals surface area contributed by atoms with E-state index >= 15 is 0 Å². The van der Waals surface area contributed by atoms with Crippen LogP contribution in [0.15, 0.2) is 0 Å². The molecule has 0 bridgehead atoms. The number of carbonyl (C=O) groups excluding carboxylic acids is 1. The van der Waals surface area contributed by atoms with Crippen molar-refractivity contribution >= 4 is 28.0 Å². The molecule has 88 valence electrons. The zero-order valence-electron chi connectivity index (χ0n) is 8.66. The number of aliphatic carboxylic acids is 1. The number of carbonyl (C=O) groups is 2. The van der Waals surface area contributed by atoms with Crippen molar-refractivity contribution in [1.82, 2.24) is 5.32 Å². The Labute approximate surface area is 97.3 Å². The Kier molecular flexibility index (Phi) is 8.08. The highest BCUT2D eigenvalue weighted by Gasteiger charge is 2.19. The number of carboxylic acid groups (broad SMARTS) is 1. The second-order valence-corrected chi connectivity index (χ2v) is 3.80. The molecule has 0 saturated carbocycles. The van der Waals surface area contributed by atoms with E-state index in [0.717, 1.165) is 12.8 Å². The zero-order chi connectivity index (χ0) is 11.7. The van der Waals surface area contributed by atoms with Crippen LogP contribution in [-0.2, 0) is 9.53 Å². The molecule has 0 fully saturated rings. The molecular formula is C9H16BrNO4. The molecule has 15 heavy (non-hydrogen) atoms. The number of unbranched alkanes of at least 4 members (excludes halogenated alkanes) is 1. The highest BCUT2D eigenvalue weighted by Crippen LogP contribution is 1.98. The van der Waals surface area contributed by atoms with E-state index in [9.17, 15) is 9.59 Å². The minimum absolute atomic E-state index is 0.322. The van der Waals surface area contributed by atoms with Crippen LogP contribution >= 0.6 is 15.9 Å². The van der Waals surface area contributed by atoms with Gasteiger partial charge in [-0.05, 0) is 12.8 Å². The van der Waals surface area contributed by atoms with Gasteiger partial charge in [0.15, 0.2) is 0 Å². The summed E-state index contributed by atoms with van der Waals surface area (Å²) in [6.07, 6.45) is 1.37. The van der Waals surface area contributed by atoms with Crippen molar-refractivity contribution in [3.8, 4) is 0 Å². The molecule has 0 radical (unpaired) electrons. The summed E-state index contributed by atoms with van der Waals surface area (Å²) in [5.41, 5.74) is 0. The van der Waals surface area contributed by atoms with Crippen LogP contribution in [0.3, 0.4) is 0 Å². The number of carboxylic acids is 1. The van der Waals surface area contributed by atoms with Gasteiger partial charge in [0.05, 0.1) is 6.61 Å². The predicted molar refractivity (Wildman–Crippen MR) is 59.2 cm³/mol. The maximum Gasteiger partial charge on any atom is 0.407 e. The topological polar surface area (TPSA) is 75.6 Å². The van der Waals surface area contributed by atoms with E-state index in [1.165, 1.54) is 0 Å². The number of alkyl halides is 1. The minimum atomic E-state index is -1.05. The van der Waals surface area contributed by atoms with Gasteiger partial charge in [-0.2, -0.15) is 0 Å². The zero-order valence-corrected chi connectivity index (χ0v) is 10.2. The van der Waals surface area contributed by atoms with Crippen molar-refractivity contribution in [2.45, 2.75) is 32.2 Å². The average molecular weight is 282 g/mol. The number of halogens is 1. The minimum Gasteiger partial charge on any atom is -0.480 e. The van der Waals surface area contributed by atoms with E-state index in [-0.39, 0.29) is 0 Å². The molecule has 0 aromatic carbocycles. The molecule has 1 amide bonds. The van der Waals surface area contributed by atoms with Gasteiger partial charge in [0.2, 0.25) is 0 Å². The third kappa shape index (κ3) is 7.18. The Morgan fingerprint density at radius 3 is 2.67 bits per heavy atom. The first kappa shape index (κ1) is 14.2. The van der Waals surface area contributed by atoms with Gasteiger partial charge >= 0.3 is 12.1 Å². The van der Waals surface area contributed by atoms with Gasteiger partial charge in [-0.15, -0.1) is 0 Å². The third-order valence-electron chi connectivity index (χ3n) is 1.72. The van der Waals surface area contributed by atoms with E-state index in [1.807, 2.05) is 6.92 Å². The molecule has 6 heteroatoms. The van der Waals surface area contributed by atoms with Crippen LogP contribution in [0, 0.1) is 0 Å². The molecule has 0 rings (SSSR count). The maximum absolute atomic E-state index is 11.1. The Morgan fingerprint density at radius 2 is 2.20 bits per heavy atom. The van der Waals surface area contributed by atoms with Crippen molar-refractivity contribution in [3.63, 3.8) is 0 Å². The number of rotatable bonds is 7. The first-order chi connectivity index (χ1) is 7.11. The fourth-order valence-corrected chi connectivity index (χ4v) is 1.32. The molecule has 5 nitrogen and oxygen atoms in total. The fraction of sp³-hybridized carbons (Fsp3) is 0.778. The average Bonchev–Trinajstić information content (AvgIpc) is 2.17. The van der Waals surface area contributed by atoms with Gasteiger partial charge in [0.25, 0.3) is 0 Å². The molecule has 0 aromatic rings. The largest absolute Gasteiger partial charge is 0.480 e. The number of hydrogen-bond acceptors (Lipinski definition) is 3. The van der Waals surface area contributed by atoms with Crippen LogP contribution in [0.4, 0.5) is 4.79 Å². The number of hydrogen-bond donors (Lipinski definition) is 2. The number of ether oxygens (including phenoxy) is 1. The molecule has 1 atom stereocenters. The molecular weight excluding hydrogens is 266 g/mol. The van der Waals surface area contributed by atoms with Crippen LogP contribution in [0.25, 0.3) is 0 Å².